The van der Waals surface area contributed by atoms with Crippen LogP contribution in [0.5, 0.6) is 0 Å². The molecule has 3 aromatic rings. The van der Waals surface area contributed by atoms with Gasteiger partial charge in [-0.2, -0.15) is 5.10 Å². The highest BCUT2D eigenvalue weighted by Gasteiger charge is 2.12. The van der Waals surface area contributed by atoms with Crippen LogP contribution in [0.3, 0.4) is 0 Å². The van der Waals surface area contributed by atoms with E-state index in [1.54, 1.807) is 18.2 Å². The Kier molecular flexibility index (Phi) is 3.02. The Labute approximate surface area is 120 Å². The Morgan fingerprint density at radius 3 is 2.76 bits per heavy atom. The number of hydrogen-bond donors (Lipinski definition) is 3. The number of nitrogens with zero attached hydrogens (tertiary/aromatic N) is 3. The molecule has 2 aromatic heterocycles. The lowest BCUT2D eigenvalue weighted by Crippen LogP contribution is -2.15. The number of rotatable bonds is 2. The van der Waals surface area contributed by atoms with E-state index < -0.39 is 0 Å². The molecule has 1 aromatic carbocycles. The maximum absolute atomic E-state index is 12.2. The van der Waals surface area contributed by atoms with Crippen LogP contribution in [-0.2, 0) is 0 Å². The number of nitrogens with one attached hydrogen (secondary N) is 2. The summed E-state index contributed by atoms with van der Waals surface area (Å²) in [6.45, 7) is 3.62. The highest BCUT2D eigenvalue weighted by atomic mass is 16.2. The van der Waals surface area contributed by atoms with Crippen LogP contribution in [0.4, 0.5) is 11.6 Å². The maximum atomic E-state index is 12.2. The first kappa shape index (κ1) is 13.0. The number of carbonyl (C=O) groups is 1. The van der Waals surface area contributed by atoms with Crippen LogP contribution in [-0.4, -0.2) is 26.1 Å². The van der Waals surface area contributed by atoms with E-state index in [4.69, 9.17) is 5.73 Å². The van der Waals surface area contributed by atoms with Crippen LogP contribution < -0.4 is 11.1 Å². The third-order valence-corrected chi connectivity index (χ3v) is 3.21. The molecule has 0 radical (unpaired) electrons. The molecule has 21 heavy (non-hydrogen) atoms. The number of fused-ring (bicyclic) bond motifs is 1. The van der Waals surface area contributed by atoms with Gasteiger partial charge in [0, 0.05) is 16.6 Å². The van der Waals surface area contributed by atoms with Crippen LogP contribution in [0, 0.1) is 13.8 Å². The van der Waals surface area contributed by atoms with Crippen LogP contribution in [0.15, 0.2) is 24.3 Å². The van der Waals surface area contributed by atoms with E-state index in [-0.39, 0.29) is 11.9 Å². The van der Waals surface area contributed by atoms with Gasteiger partial charge in [0.2, 0.25) is 5.95 Å². The van der Waals surface area contributed by atoms with Crippen LogP contribution in [0.1, 0.15) is 21.9 Å². The quantitative estimate of drug-likeness (QED) is 0.621. The van der Waals surface area contributed by atoms with Crippen LogP contribution in [0.2, 0.25) is 0 Å². The first-order valence-electron chi connectivity index (χ1n) is 6.40. The van der Waals surface area contributed by atoms with Crippen molar-refractivity contribution in [2.45, 2.75) is 13.8 Å². The summed E-state index contributed by atoms with van der Waals surface area (Å²) in [6, 6.07) is 7.14. The average Bonchev–Trinajstić information content (AvgIpc) is 2.86. The third-order valence-electron chi connectivity index (χ3n) is 3.21. The lowest BCUT2D eigenvalue weighted by Gasteiger charge is -2.03. The fraction of sp³-hybridized carbons (Fsp3) is 0.143. The van der Waals surface area contributed by atoms with Crippen molar-refractivity contribution in [2.75, 3.05) is 11.1 Å². The number of benzene rings is 1. The summed E-state index contributed by atoms with van der Waals surface area (Å²) in [6.07, 6.45) is 0. The predicted octanol–water partition coefficient (Wildman–Crippen LogP) is 1.80. The van der Waals surface area contributed by atoms with Gasteiger partial charge in [-0.25, -0.2) is 4.98 Å². The van der Waals surface area contributed by atoms with Gasteiger partial charge in [-0.15, -0.1) is 5.10 Å². The molecule has 0 saturated carbocycles. The zero-order chi connectivity index (χ0) is 15.0. The molecule has 2 heterocycles. The summed E-state index contributed by atoms with van der Waals surface area (Å²) in [4.78, 5) is 19.4. The molecule has 1 amide bonds. The van der Waals surface area contributed by atoms with E-state index in [1.165, 1.54) is 0 Å². The van der Waals surface area contributed by atoms with Gasteiger partial charge in [0.05, 0.1) is 11.4 Å². The lowest BCUT2D eigenvalue weighted by molar-refractivity contribution is 0.102. The second-order valence-electron chi connectivity index (χ2n) is 4.79. The molecule has 0 unspecified atom stereocenters. The van der Waals surface area contributed by atoms with Crippen molar-refractivity contribution in [3.8, 4) is 0 Å². The van der Waals surface area contributed by atoms with Crippen molar-refractivity contribution >= 4 is 28.4 Å². The van der Waals surface area contributed by atoms with E-state index in [2.05, 4.69) is 25.5 Å². The van der Waals surface area contributed by atoms with Gasteiger partial charge in [-0.05, 0) is 38.1 Å². The molecule has 3 rings (SSSR count). The van der Waals surface area contributed by atoms with Crippen molar-refractivity contribution in [1.82, 2.24) is 20.2 Å². The van der Waals surface area contributed by atoms with Crippen molar-refractivity contribution in [3.63, 3.8) is 0 Å². The summed E-state index contributed by atoms with van der Waals surface area (Å²) in [5, 5.41) is 11.3. The molecule has 0 aliphatic rings. The summed E-state index contributed by atoms with van der Waals surface area (Å²) in [7, 11) is 0. The van der Waals surface area contributed by atoms with Crippen molar-refractivity contribution in [2.24, 2.45) is 0 Å². The molecule has 0 aliphatic heterocycles. The molecule has 0 bridgehead atoms. The second kappa shape index (κ2) is 4.86. The number of hydrogen-bond acceptors (Lipinski definition) is 5. The Morgan fingerprint density at radius 1 is 1.19 bits per heavy atom. The number of aryl methyl sites for hydroxylation is 2. The molecule has 0 aliphatic carbocycles. The van der Waals surface area contributed by atoms with E-state index in [9.17, 15) is 4.79 Å². The number of H-pyrrole nitrogens is 1. The highest BCUT2D eigenvalue weighted by molar-refractivity contribution is 6.05. The number of anilines is 2. The molecular formula is C14H14N6O. The minimum Gasteiger partial charge on any atom is -0.399 e. The average molecular weight is 282 g/mol. The second-order valence-corrected chi connectivity index (χ2v) is 4.79. The summed E-state index contributed by atoms with van der Waals surface area (Å²) in [5.74, 6) is -0.143. The van der Waals surface area contributed by atoms with Crippen molar-refractivity contribution < 1.29 is 4.79 Å². The standard InChI is InChI=1S/C14H14N6O/c1-7-8(2)19-20-14(16-7)18-13(21)12-6-9-5-10(15)3-4-11(9)17-12/h3-6,17H,15H2,1-2H3,(H,16,18,20,21). The number of aromatic nitrogens is 4. The Bertz CT molecular complexity index is 839. The fourth-order valence-electron chi connectivity index (χ4n) is 1.95. The molecule has 7 nitrogen and oxygen atoms in total. The minimum absolute atomic E-state index is 0.182. The number of carbonyl (C=O) groups excluding carboxylic acids is 1. The molecule has 0 saturated heterocycles. The largest absolute Gasteiger partial charge is 0.399 e. The number of amides is 1. The highest BCUT2D eigenvalue weighted by Crippen LogP contribution is 2.18. The summed E-state index contributed by atoms with van der Waals surface area (Å²) < 4.78 is 0. The summed E-state index contributed by atoms with van der Waals surface area (Å²) in [5.41, 5.74) is 9.08. The van der Waals surface area contributed by atoms with E-state index >= 15 is 0 Å². The number of nitrogen functional groups attached to an aromatic ring is 1. The molecule has 7 heteroatoms. The van der Waals surface area contributed by atoms with E-state index in [0.717, 1.165) is 22.3 Å². The topological polar surface area (TPSA) is 110 Å². The van der Waals surface area contributed by atoms with Gasteiger partial charge in [-0.1, -0.05) is 0 Å². The molecule has 4 N–H and O–H groups in total. The van der Waals surface area contributed by atoms with Crippen LogP contribution in [0.25, 0.3) is 10.9 Å². The number of aromatic amines is 1. The first-order chi connectivity index (χ1) is 10.0. The normalized spacial score (nSPS) is 10.8. The maximum Gasteiger partial charge on any atom is 0.274 e. The van der Waals surface area contributed by atoms with Gasteiger partial charge in [0.15, 0.2) is 0 Å². The SMILES string of the molecule is Cc1nnc(NC(=O)c2cc3cc(N)ccc3[nH]2)nc1C. The fourth-order valence-corrected chi connectivity index (χ4v) is 1.95. The zero-order valence-electron chi connectivity index (χ0n) is 11.6. The Hall–Kier alpha value is -2.96. The predicted molar refractivity (Wildman–Crippen MR) is 80.0 cm³/mol. The molecule has 0 fully saturated rings. The zero-order valence-corrected chi connectivity index (χ0v) is 11.6. The first-order valence-corrected chi connectivity index (χ1v) is 6.40. The third kappa shape index (κ3) is 2.53. The van der Waals surface area contributed by atoms with Gasteiger partial charge in [-0.3, -0.25) is 10.1 Å². The molecule has 0 atom stereocenters. The van der Waals surface area contributed by atoms with Gasteiger partial charge in [0.25, 0.3) is 5.91 Å². The Balaban J connectivity index is 1.87. The van der Waals surface area contributed by atoms with E-state index in [1.807, 2.05) is 19.9 Å². The Morgan fingerprint density at radius 2 is 2.00 bits per heavy atom. The monoisotopic (exact) mass is 282 g/mol. The van der Waals surface area contributed by atoms with Crippen LogP contribution >= 0.6 is 0 Å². The lowest BCUT2D eigenvalue weighted by atomic mass is 10.2. The summed E-state index contributed by atoms with van der Waals surface area (Å²) >= 11 is 0. The van der Waals surface area contributed by atoms with E-state index in [0.29, 0.717) is 11.4 Å². The molecular weight excluding hydrogens is 268 g/mol. The van der Waals surface area contributed by atoms with Gasteiger partial charge in [0.1, 0.15) is 5.69 Å². The van der Waals surface area contributed by atoms with Crippen molar-refractivity contribution in [1.29, 1.82) is 0 Å². The van der Waals surface area contributed by atoms with Crippen molar-refractivity contribution in [3.05, 3.63) is 41.3 Å². The minimum atomic E-state index is -0.324. The van der Waals surface area contributed by atoms with Gasteiger partial charge >= 0.3 is 0 Å². The smallest absolute Gasteiger partial charge is 0.274 e. The molecule has 106 valence electrons. The number of nitrogens with two attached hydrogens (primary N) is 1. The van der Waals surface area contributed by atoms with Gasteiger partial charge < -0.3 is 10.7 Å². The molecule has 0 spiro atoms.